The van der Waals surface area contributed by atoms with Crippen molar-refractivity contribution in [1.29, 1.82) is 0 Å². The van der Waals surface area contributed by atoms with Crippen molar-refractivity contribution in [3.05, 3.63) is 0 Å². The quantitative estimate of drug-likeness (QED) is 0.387. The molecule has 0 rings (SSSR count). The van der Waals surface area contributed by atoms with Crippen molar-refractivity contribution >= 4 is 30.4 Å². The fraction of sp³-hybridized carbons (Fsp3) is 0. The van der Waals surface area contributed by atoms with Crippen LogP contribution in [-0.2, 0) is 0 Å². The molecule has 0 aromatic carbocycles. The zero-order chi connectivity index (χ0) is 3.58. The third kappa shape index (κ3) is 39.1. The molecule has 0 amide bonds. The first-order valence-corrected chi connectivity index (χ1v) is 0.775. The topological polar surface area (TPSA) is 60.7 Å². The van der Waals surface area contributed by atoms with Gasteiger partial charge in [-0.1, -0.05) is 0 Å². The van der Waals surface area contributed by atoms with E-state index in [1.54, 1.807) is 0 Å². The Labute approximate surface area is 80.1 Å². The molecule has 0 aromatic heterocycles. The van der Waals surface area contributed by atoms with Gasteiger partial charge in [0, 0.05) is 35.6 Å². The second-order valence-electron chi connectivity index (χ2n) is 0.346. The van der Waals surface area contributed by atoms with Gasteiger partial charge in [-0.15, -0.1) is 0 Å². The SMILES string of the molecule is OB(O)O.[La].[MgH2]. The van der Waals surface area contributed by atoms with Crippen molar-refractivity contribution in [3.8, 4) is 0 Å². The average molecular weight is 227 g/mol. The van der Waals surface area contributed by atoms with Gasteiger partial charge in [-0.25, -0.2) is 0 Å². The Balaban J connectivity index is -0.0000000450. The van der Waals surface area contributed by atoms with E-state index in [0.717, 1.165) is 0 Å². The molecule has 6 heavy (non-hydrogen) atoms. The molecule has 0 aliphatic heterocycles. The van der Waals surface area contributed by atoms with Crippen LogP contribution in [0.5, 0.6) is 0 Å². The predicted octanol–water partition coefficient (Wildman–Crippen LogP) is -2.97. The predicted molar refractivity (Wildman–Crippen MR) is 21.0 cm³/mol. The van der Waals surface area contributed by atoms with Crippen LogP contribution in [0.25, 0.3) is 0 Å². The molecule has 1 radical (unpaired) electrons. The van der Waals surface area contributed by atoms with Crippen LogP contribution in [0.2, 0.25) is 0 Å². The largest absolute Gasteiger partial charge is 0.631 e. The van der Waals surface area contributed by atoms with E-state index in [1.807, 2.05) is 0 Å². The van der Waals surface area contributed by atoms with E-state index >= 15 is 0 Å². The van der Waals surface area contributed by atoms with Crippen molar-refractivity contribution < 1.29 is 50.7 Å². The Kier molecular flexibility index (Phi) is 26.1. The number of rotatable bonds is 0. The standard InChI is InChI=1S/BH3O3.La.Mg.2H/c2-1(3)4;;;;/h2-4H;;;;. The van der Waals surface area contributed by atoms with E-state index in [-0.39, 0.29) is 58.7 Å². The third-order valence-corrected chi connectivity index (χ3v) is 0. The molecule has 0 aliphatic carbocycles. The van der Waals surface area contributed by atoms with Gasteiger partial charge in [0.05, 0.1) is 0 Å². The molecule has 3 nitrogen and oxygen atoms in total. The number of hydrogen-bond donors (Lipinski definition) is 3. The molecule has 0 aromatic rings. The molecular formula is H5BLaMgO3. The van der Waals surface area contributed by atoms with Gasteiger partial charge in [0.25, 0.3) is 0 Å². The van der Waals surface area contributed by atoms with Crippen LogP contribution in [0.1, 0.15) is 0 Å². The van der Waals surface area contributed by atoms with Gasteiger partial charge in [-0.05, 0) is 0 Å². The average Bonchev–Trinajstić information content (AvgIpc) is 0.811. The Hall–Kier alpha value is 1.91. The van der Waals surface area contributed by atoms with Crippen LogP contribution < -0.4 is 0 Å². The van der Waals surface area contributed by atoms with Gasteiger partial charge < -0.3 is 15.1 Å². The second-order valence-corrected chi connectivity index (χ2v) is 0.346. The van der Waals surface area contributed by atoms with Crippen molar-refractivity contribution in [3.63, 3.8) is 0 Å². The molecule has 0 spiro atoms. The molecule has 6 heteroatoms. The molecule has 0 bridgehead atoms. The van der Waals surface area contributed by atoms with Gasteiger partial charge in [-0.2, -0.15) is 0 Å². The summed E-state index contributed by atoms with van der Waals surface area (Å²) < 4.78 is 0. The van der Waals surface area contributed by atoms with Crippen LogP contribution in [-0.4, -0.2) is 45.4 Å². The minimum absolute atomic E-state index is 0. The first-order chi connectivity index (χ1) is 1.73. The summed E-state index contributed by atoms with van der Waals surface area (Å²) in [5.74, 6) is 0. The zero-order valence-corrected chi connectivity index (χ0v) is 6.12. The molecule has 0 unspecified atom stereocenters. The summed E-state index contributed by atoms with van der Waals surface area (Å²) in [6.07, 6.45) is 0. The summed E-state index contributed by atoms with van der Waals surface area (Å²) in [4.78, 5) is 0. The van der Waals surface area contributed by atoms with E-state index in [4.69, 9.17) is 15.1 Å². The third-order valence-electron chi connectivity index (χ3n) is 0. The molecule has 0 atom stereocenters. The van der Waals surface area contributed by atoms with E-state index in [2.05, 4.69) is 0 Å². The minimum atomic E-state index is -2.17. The van der Waals surface area contributed by atoms with Crippen molar-refractivity contribution in [2.24, 2.45) is 0 Å². The minimum Gasteiger partial charge on any atom is -0.402 e. The van der Waals surface area contributed by atoms with Crippen LogP contribution in [0.15, 0.2) is 0 Å². The summed E-state index contributed by atoms with van der Waals surface area (Å²) >= 11 is 0. The monoisotopic (exact) mass is 227 g/mol. The fourth-order valence-corrected chi connectivity index (χ4v) is 0. The Morgan fingerprint density at radius 3 is 1.00 bits per heavy atom. The maximum absolute atomic E-state index is 7.17. The molecule has 0 saturated carbocycles. The Morgan fingerprint density at radius 1 is 1.00 bits per heavy atom. The van der Waals surface area contributed by atoms with Gasteiger partial charge in [-0.3, -0.25) is 0 Å². The van der Waals surface area contributed by atoms with Crippen molar-refractivity contribution in [1.82, 2.24) is 0 Å². The molecule has 31 valence electrons. The zero-order valence-electron chi connectivity index (χ0n) is 2.50. The molecule has 0 saturated heterocycles. The van der Waals surface area contributed by atoms with Crippen molar-refractivity contribution in [2.45, 2.75) is 0 Å². The Bertz CT molecular complexity index is 15.5. The van der Waals surface area contributed by atoms with E-state index in [0.29, 0.717) is 0 Å². The number of hydrogen-bond acceptors (Lipinski definition) is 3. The molecular weight excluding hydrogens is 222 g/mol. The van der Waals surface area contributed by atoms with Gasteiger partial charge >= 0.3 is 30.4 Å². The fourth-order valence-electron chi connectivity index (χ4n) is 0. The van der Waals surface area contributed by atoms with Gasteiger partial charge in [0.1, 0.15) is 0 Å². The summed E-state index contributed by atoms with van der Waals surface area (Å²) in [5.41, 5.74) is 0. The normalized spacial score (nSPS) is 4.50. The summed E-state index contributed by atoms with van der Waals surface area (Å²) in [6.45, 7) is 0. The maximum atomic E-state index is 7.17. The molecule has 0 fully saturated rings. The van der Waals surface area contributed by atoms with Crippen molar-refractivity contribution in [2.75, 3.05) is 0 Å². The molecule has 0 aliphatic rings. The first kappa shape index (κ1) is 15.7. The molecule has 0 heterocycles. The van der Waals surface area contributed by atoms with Crippen LogP contribution in [0.3, 0.4) is 0 Å². The van der Waals surface area contributed by atoms with E-state index in [1.165, 1.54) is 0 Å². The first-order valence-electron chi connectivity index (χ1n) is 0.775. The Morgan fingerprint density at radius 2 is 1.00 bits per heavy atom. The van der Waals surface area contributed by atoms with Crippen LogP contribution in [0.4, 0.5) is 0 Å². The second kappa shape index (κ2) is 10.0. The summed E-state index contributed by atoms with van der Waals surface area (Å²) in [7, 11) is -2.17. The molecule has 3 N–H and O–H groups in total. The van der Waals surface area contributed by atoms with E-state index < -0.39 is 7.32 Å². The van der Waals surface area contributed by atoms with Crippen LogP contribution in [0, 0.1) is 35.6 Å². The van der Waals surface area contributed by atoms with Crippen LogP contribution >= 0.6 is 0 Å². The smallest absolute Gasteiger partial charge is 0.402 e. The summed E-state index contributed by atoms with van der Waals surface area (Å²) in [5, 5.41) is 21.5. The van der Waals surface area contributed by atoms with Gasteiger partial charge in [0.15, 0.2) is 0 Å². The van der Waals surface area contributed by atoms with E-state index in [9.17, 15) is 0 Å². The maximum Gasteiger partial charge on any atom is 0.631 e. The van der Waals surface area contributed by atoms with Gasteiger partial charge in [0.2, 0.25) is 0 Å². The summed E-state index contributed by atoms with van der Waals surface area (Å²) in [6, 6.07) is 0.